The summed E-state index contributed by atoms with van der Waals surface area (Å²) < 4.78 is 0. The molecule has 1 aliphatic carbocycles. The van der Waals surface area contributed by atoms with Gasteiger partial charge in [0.05, 0.1) is 16.7 Å². The number of carbonyl (C=O) groups excluding carboxylic acids is 3. The minimum Gasteiger partial charge on any atom is -0.315 e. The fraction of sp³-hybridized carbons (Fsp3) is 0.300. The molecule has 136 valence electrons. The van der Waals surface area contributed by atoms with Crippen LogP contribution in [0.25, 0.3) is 0 Å². The Kier molecular flexibility index (Phi) is 4.28. The van der Waals surface area contributed by atoms with E-state index in [1.807, 2.05) is 0 Å². The Bertz CT molecular complexity index is 983. The topological polar surface area (TPSA) is 90.3 Å². The van der Waals surface area contributed by atoms with Gasteiger partial charge in [-0.15, -0.1) is 11.3 Å². The highest BCUT2D eigenvalue weighted by Gasteiger charge is 2.36. The number of nitrogens with zero attached hydrogens (tertiary/aromatic N) is 2. The molecule has 1 unspecified atom stereocenters. The molecule has 1 aromatic carbocycles. The first-order valence-corrected chi connectivity index (χ1v) is 9.61. The minimum absolute atomic E-state index is 0.314. The number of carbonyl (C=O) groups is 3. The van der Waals surface area contributed by atoms with Gasteiger partial charge in [0, 0.05) is 4.88 Å². The average molecular weight is 379 g/mol. The molecule has 1 atom stereocenters. The predicted octanol–water partition coefficient (Wildman–Crippen LogP) is 2.98. The Balaban J connectivity index is 1.52. The van der Waals surface area contributed by atoms with E-state index in [0.29, 0.717) is 27.6 Å². The molecular formula is C20H17N3O3S. The summed E-state index contributed by atoms with van der Waals surface area (Å²) in [6.45, 7) is 1.81. The number of amides is 3. The second-order valence-corrected chi connectivity index (χ2v) is 8.06. The summed E-state index contributed by atoms with van der Waals surface area (Å²) in [4.78, 5) is 39.4. The number of hydrogen-bond acceptors (Lipinski definition) is 5. The summed E-state index contributed by atoms with van der Waals surface area (Å²) in [6.07, 6.45) is 2.77. The summed E-state index contributed by atoms with van der Waals surface area (Å²) in [5.74, 6) is -0.853. The van der Waals surface area contributed by atoms with Gasteiger partial charge in [-0.25, -0.2) is 0 Å². The Hall–Kier alpha value is -2.98. The van der Waals surface area contributed by atoms with E-state index in [1.165, 1.54) is 11.3 Å². The zero-order chi connectivity index (χ0) is 19.1. The van der Waals surface area contributed by atoms with Gasteiger partial charge < -0.3 is 5.32 Å². The van der Waals surface area contributed by atoms with Crippen LogP contribution in [-0.2, 0) is 17.6 Å². The van der Waals surface area contributed by atoms with E-state index in [-0.39, 0.29) is 6.54 Å². The van der Waals surface area contributed by atoms with Gasteiger partial charge in [-0.1, -0.05) is 19.1 Å². The fourth-order valence-corrected chi connectivity index (χ4v) is 5.03. The first-order chi connectivity index (χ1) is 13.0. The largest absolute Gasteiger partial charge is 0.315 e. The van der Waals surface area contributed by atoms with Crippen molar-refractivity contribution in [3.8, 4) is 6.07 Å². The van der Waals surface area contributed by atoms with Gasteiger partial charge >= 0.3 is 0 Å². The Labute approximate surface area is 160 Å². The smallest absolute Gasteiger partial charge is 0.262 e. The van der Waals surface area contributed by atoms with Gasteiger partial charge in [0.1, 0.15) is 17.6 Å². The number of nitrogens with one attached hydrogen (secondary N) is 1. The molecule has 0 saturated heterocycles. The number of anilines is 1. The Morgan fingerprint density at radius 2 is 1.96 bits per heavy atom. The molecule has 0 bridgehead atoms. The standard InChI is InChI=1S/C20H17N3O3S/c1-11-6-7-12-15(9-21)18(27-16(12)8-11)22-17(24)10-23-19(25)13-4-2-3-5-14(13)20(23)26/h2-5,11H,6-8,10H2,1H3,(H,22,24). The zero-order valence-electron chi connectivity index (χ0n) is 14.7. The lowest BCUT2D eigenvalue weighted by Crippen LogP contribution is -2.37. The van der Waals surface area contributed by atoms with Gasteiger partial charge in [-0.2, -0.15) is 5.26 Å². The molecule has 0 radical (unpaired) electrons. The fourth-order valence-electron chi connectivity index (χ4n) is 3.65. The number of fused-ring (bicyclic) bond motifs is 2. The van der Waals surface area contributed by atoms with E-state index in [2.05, 4.69) is 18.3 Å². The van der Waals surface area contributed by atoms with Gasteiger partial charge in [0.15, 0.2) is 0 Å². The maximum Gasteiger partial charge on any atom is 0.262 e. The molecule has 0 spiro atoms. The van der Waals surface area contributed by atoms with E-state index in [0.717, 1.165) is 34.6 Å². The molecule has 1 aromatic heterocycles. The first-order valence-electron chi connectivity index (χ1n) is 8.79. The lowest BCUT2D eigenvalue weighted by atomic mass is 9.89. The third kappa shape index (κ3) is 2.92. The summed E-state index contributed by atoms with van der Waals surface area (Å²) >= 11 is 1.42. The van der Waals surface area contributed by atoms with Crippen LogP contribution in [0.5, 0.6) is 0 Å². The van der Waals surface area contributed by atoms with Gasteiger partial charge in [-0.05, 0) is 42.9 Å². The van der Waals surface area contributed by atoms with E-state index < -0.39 is 17.7 Å². The molecule has 2 aromatic rings. The van der Waals surface area contributed by atoms with Crippen LogP contribution in [0.3, 0.4) is 0 Å². The maximum atomic E-state index is 12.5. The maximum absolute atomic E-state index is 12.5. The molecule has 7 heteroatoms. The van der Waals surface area contributed by atoms with Crippen molar-refractivity contribution in [3.05, 3.63) is 51.4 Å². The highest BCUT2D eigenvalue weighted by molar-refractivity contribution is 7.16. The number of benzene rings is 1. The highest BCUT2D eigenvalue weighted by atomic mass is 32.1. The van der Waals surface area contributed by atoms with Gasteiger partial charge in [-0.3, -0.25) is 19.3 Å². The predicted molar refractivity (Wildman–Crippen MR) is 101 cm³/mol. The van der Waals surface area contributed by atoms with E-state index in [9.17, 15) is 19.6 Å². The van der Waals surface area contributed by atoms with Crippen LogP contribution in [0.15, 0.2) is 24.3 Å². The van der Waals surface area contributed by atoms with Crippen molar-refractivity contribution in [1.29, 1.82) is 5.26 Å². The average Bonchev–Trinajstić information content (AvgIpc) is 3.11. The lowest BCUT2D eigenvalue weighted by Gasteiger charge is -2.17. The number of nitriles is 1. The molecule has 27 heavy (non-hydrogen) atoms. The van der Waals surface area contributed by atoms with Gasteiger partial charge in [0.25, 0.3) is 11.8 Å². The van der Waals surface area contributed by atoms with Crippen molar-refractivity contribution in [1.82, 2.24) is 4.90 Å². The quantitative estimate of drug-likeness (QED) is 0.830. The molecule has 6 nitrogen and oxygen atoms in total. The lowest BCUT2D eigenvalue weighted by molar-refractivity contribution is -0.116. The van der Waals surface area contributed by atoms with Crippen LogP contribution >= 0.6 is 11.3 Å². The summed E-state index contributed by atoms with van der Waals surface area (Å²) in [7, 11) is 0. The van der Waals surface area contributed by atoms with Crippen molar-refractivity contribution in [3.63, 3.8) is 0 Å². The molecule has 0 saturated carbocycles. The second kappa shape index (κ2) is 6.63. The third-order valence-electron chi connectivity index (χ3n) is 5.06. The molecule has 3 amide bonds. The van der Waals surface area contributed by atoms with Crippen LogP contribution < -0.4 is 5.32 Å². The number of hydrogen-bond donors (Lipinski definition) is 1. The molecule has 4 rings (SSSR count). The number of imide groups is 1. The van der Waals surface area contributed by atoms with Crippen LogP contribution in [-0.4, -0.2) is 29.2 Å². The molecule has 1 N–H and O–H groups in total. The van der Waals surface area contributed by atoms with Crippen molar-refractivity contribution in [2.75, 3.05) is 11.9 Å². The van der Waals surface area contributed by atoms with Crippen LogP contribution in [0.1, 0.15) is 50.1 Å². The van der Waals surface area contributed by atoms with E-state index in [4.69, 9.17) is 0 Å². The molecule has 2 heterocycles. The van der Waals surface area contributed by atoms with Gasteiger partial charge in [0.2, 0.25) is 5.91 Å². The van der Waals surface area contributed by atoms with E-state index in [1.54, 1.807) is 24.3 Å². The summed E-state index contributed by atoms with van der Waals surface area (Å²) in [5.41, 5.74) is 2.16. The second-order valence-electron chi connectivity index (χ2n) is 6.96. The Morgan fingerprint density at radius 1 is 1.30 bits per heavy atom. The normalized spacial score (nSPS) is 18.1. The molecule has 0 fully saturated rings. The van der Waals surface area contributed by atoms with Crippen LogP contribution in [0.2, 0.25) is 0 Å². The number of rotatable bonds is 3. The van der Waals surface area contributed by atoms with Crippen molar-refractivity contribution in [2.24, 2.45) is 5.92 Å². The monoisotopic (exact) mass is 379 g/mol. The summed E-state index contributed by atoms with van der Waals surface area (Å²) in [5, 5.41) is 12.8. The molecule has 2 aliphatic rings. The summed E-state index contributed by atoms with van der Waals surface area (Å²) in [6, 6.07) is 8.72. The Morgan fingerprint density at radius 3 is 2.59 bits per heavy atom. The first kappa shape index (κ1) is 17.4. The van der Waals surface area contributed by atoms with Crippen LogP contribution in [0, 0.1) is 17.2 Å². The molecular weight excluding hydrogens is 362 g/mol. The molecule has 1 aliphatic heterocycles. The number of thiophene rings is 1. The van der Waals surface area contributed by atoms with Crippen molar-refractivity contribution < 1.29 is 14.4 Å². The zero-order valence-corrected chi connectivity index (χ0v) is 15.6. The third-order valence-corrected chi connectivity index (χ3v) is 6.23. The highest BCUT2D eigenvalue weighted by Crippen LogP contribution is 2.39. The minimum atomic E-state index is -0.479. The SMILES string of the molecule is CC1CCc2c(sc(NC(=O)CN3C(=O)c4ccccc4C3=O)c2C#N)C1. The van der Waals surface area contributed by atoms with Crippen molar-refractivity contribution in [2.45, 2.75) is 26.2 Å². The van der Waals surface area contributed by atoms with E-state index >= 15 is 0 Å². The van der Waals surface area contributed by atoms with Crippen LogP contribution in [0.4, 0.5) is 5.00 Å². The van der Waals surface area contributed by atoms with Crippen molar-refractivity contribution >= 4 is 34.1 Å².